The summed E-state index contributed by atoms with van der Waals surface area (Å²) in [5.74, 6) is 0.533. The summed E-state index contributed by atoms with van der Waals surface area (Å²) in [7, 11) is 0. The molecule has 0 amide bonds. The Morgan fingerprint density at radius 3 is 2.62 bits per heavy atom. The number of amidine groups is 1. The number of hydrogen-bond acceptors (Lipinski definition) is 4. The first kappa shape index (κ1) is 15.3. The van der Waals surface area contributed by atoms with Crippen molar-refractivity contribution in [3.05, 3.63) is 36.0 Å². The lowest BCUT2D eigenvalue weighted by atomic mass is 10.1. The quantitative estimate of drug-likeness (QED) is 0.503. The van der Waals surface area contributed by atoms with Crippen molar-refractivity contribution in [1.29, 1.82) is 5.41 Å². The second kappa shape index (κ2) is 6.10. The standard InChI is InChI=1S/C16H21N3O2/c1-16(2,3)21-9-8-20-14-11-6-4-5-7-13(11)19-10-12(14)15(17)18/h4-7,10H,8-9H2,1-3H3,(H3,17,18). The zero-order chi connectivity index (χ0) is 15.5. The second-order valence-corrected chi connectivity index (χ2v) is 5.74. The van der Waals surface area contributed by atoms with Gasteiger partial charge in [-0.3, -0.25) is 10.4 Å². The van der Waals surface area contributed by atoms with Crippen LogP contribution in [-0.2, 0) is 4.74 Å². The summed E-state index contributed by atoms with van der Waals surface area (Å²) in [6.07, 6.45) is 1.57. The number of rotatable bonds is 5. The van der Waals surface area contributed by atoms with E-state index in [-0.39, 0.29) is 11.4 Å². The smallest absolute Gasteiger partial charge is 0.141 e. The van der Waals surface area contributed by atoms with E-state index in [4.69, 9.17) is 20.6 Å². The van der Waals surface area contributed by atoms with E-state index in [1.807, 2.05) is 45.0 Å². The number of ether oxygens (including phenoxy) is 2. The molecule has 0 spiro atoms. The van der Waals surface area contributed by atoms with Gasteiger partial charge in [-0.15, -0.1) is 0 Å². The van der Waals surface area contributed by atoms with Crippen LogP contribution < -0.4 is 10.5 Å². The Kier molecular flexibility index (Phi) is 4.43. The maximum Gasteiger partial charge on any atom is 0.141 e. The van der Waals surface area contributed by atoms with E-state index in [2.05, 4.69) is 4.98 Å². The summed E-state index contributed by atoms with van der Waals surface area (Å²) in [4.78, 5) is 4.30. The molecule has 0 unspecified atom stereocenters. The van der Waals surface area contributed by atoms with Gasteiger partial charge in [0.05, 0.1) is 23.3 Å². The van der Waals surface area contributed by atoms with Crippen molar-refractivity contribution in [1.82, 2.24) is 4.98 Å². The third kappa shape index (κ3) is 3.92. The number of nitrogens with two attached hydrogens (primary N) is 1. The van der Waals surface area contributed by atoms with Crippen molar-refractivity contribution in [2.24, 2.45) is 5.73 Å². The molecule has 112 valence electrons. The zero-order valence-electron chi connectivity index (χ0n) is 12.6. The number of nitrogen functional groups attached to an aromatic ring is 1. The van der Waals surface area contributed by atoms with Gasteiger partial charge in [0, 0.05) is 11.6 Å². The molecule has 0 saturated heterocycles. The Balaban J connectivity index is 2.23. The first-order valence-electron chi connectivity index (χ1n) is 6.87. The summed E-state index contributed by atoms with van der Waals surface area (Å²) < 4.78 is 11.5. The zero-order valence-corrected chi connectivity index (χ0v) is 12.6. The predicted molar refractivity (Wildman–Crippen MR) is 84.0 cm³/mol. The van der Waals surface area contributed by atoms with Crippen molar-refractivity contribution in [3.63, 3.8) is 0 Å². The molecule has 0 radical (unpaired) electrons. The van der Waals surface area contributed by atoms with Crippen LogP contribution in [0.4, 0.5) is 0 Å². The highest BCUT2D eigenvalue weighted by molar-refractivity contribution is 6.02. The van der Waals surface area contributed by atoms with E-state index in [1.54, 1.807) is 6.20 Å². The molecular weight excluding hydrogens is 266 g/mol. The van der Waals surface area contributed by atoms with Crippen molar-refractivity contribution in [2.75, 3.05) is 13.2 Å². The van der Waals surface area contributed by atoms with Gasteiger partial charge in [-0.25, -0.2) is 0 Å². The molecule has 3 N–H and O–H groups in total. The molecule has 0 bridgehead atoms. The monoisotopic (exact) mass is 287 g/mol. The van der Waals surface area contributed by atoms with Gasteiger partial charge in [-0.2, -0.15) is 0 Å². The summed E-state index contributed by atoms with van der Waals surface area (Å²) in [5, 5.41) is 8.51. The van der Waals surface area contributed by atoms with Crippen LogP contribution in [0.5, 0.6) is 5.75 Å². The van der Waals surface area contributed by atoms with E-state index in [9.17, 15) is 0 Å². The van der Waals surface area contributed by atoms with Crippen LogP contribution in [0.1, 0.15) is 26.3 Å². The maximum absolute atomic E-state index is 7.66. The number of nitrogens with zero attached hydrogens (tertiary/aromatic N) is 1. The van der Waals surface area contributed by atoms with Crippen LogP contribution in [0.3, 0.4) is 0 Å². The SMILES string of the molecule is CC(C)(C)OCCOc1c(C(=N)N)cnc2ccccc12. The lowest BCUT2D eigenvalue weighted by Crippen LogP contribution is -2.23. The normalized spacial score (nSPS) is 11.6. The van der Waals surface area contributed by atoms with Gasteiger partial charge in [0.2, 0.25) is 0 Å². The van der Waals surface area contributed by atoms with Crippen molar-refractivity contribution >= 4 is 16.7 Å². The Morgan fingerprint density at radius 1 is 1.24 bits per heavy atom. The summed E-state index contributed by atoms with van der Waals surface area (Å²) >= 11 is 0. The molecule has 1 aromatic carbocycles. The minimum Gasteiger partial charge on any atom is -0.490 e. The maximum atomic E-state index is 7.66. The molecule has 0 atom stereocenters. The van der Waals surface area contributed by atoms with Gasteiger partial charge in [0.1, 0.15) is 18.2 Å². The second-order valence-electron chi connectivity index (χ2n) is 5.74. The molecule has 5 heteroatoms. The fourth-order valence-electron chi connectivity index (χ4n) is 1.95. The number of nitrogens with one attached hydrogen (secondary N) is 1. The topological polar surface area (TPSA) is 81.2 Å². The highest BCUT2D eigenvalue weighted by Crippen LogP contribution is 2.28. The molecule has 0 saturated carbocycles. The fourth-order valence-corrected chi connectivity index (χ4v) is 1.95. The fraction of sp³-hybridized carbons (Fsp3) is 0.375. The lowest BCUT2D eigenvalue weighted by Gasteiger charge is -2.20. The Hall–Kier alpha value is -2.14. The Bertz CT molecular complexity index is 648. The van der Waals surface area contributed by atoms with Crippen molar-refractivity contribution in [2.45, 2.75) is 26.4 Å². The van der Waals surface area contributed by atoms with Crippen molar-refractivity contribution in [3.8, 4) is 5.75 Å². The van der Waals surface area contributed by atoms with E-state index in [0.29, 0.717) is 24.5 Å². The number of benzene rings is 1. The molecule has 21 heavy (non-hydrogen) atoms. The minimum atomic E-state index is -0.201. The third-order valence-corrected chi connectivity index (χ3v) is 2.88. The molecule has 1 aromatic heterocycles. The van der Waals surface area contributed by atoms with Crippen LogP contribution in [0.2, 0.25) is 0 Å². The van der Waals surface area contributed by atoms with E-state index < -0.39 is 0 Å². The van der Waals surface area contributed by atoms with Crippen LogP contribution in [0.15, 0.2) is 30.5 Å². The highest BCUT2D eigenvalue weighted by Gasteiger charge is 2.14. The van der Waals surface area contributed by atoms with E-state index in [1.165, 1.54) is 0 Å². The number of para-hydroxylation sites is 1. The molecule has 0 aliphatic heterocycles. The predicted octanol–water partition coefficient (Wildman–Crippen LogP) is 2.71. The molecule has 0 aliphatic carbocycles. The van der Waals surface area contributed by atoms with Crippen LogP contribution in [-0.4, -0.2) is 29.6 Å². The average Bonchev–Trinajstić information content (AvgIpc) is 2.42. The van der Waals surface area contributed by atoms with E-state index >= 15 is 0 Å². The van der Waals surface area contributed by atoms with Crippen LogP contribution >= 0.6 is 0 Å². The van der Waals surface area contributed by atoms with Gasteiger partial charge >= 0.3 is 0 Å². The molecule has 0 aliphatic rings. The first-order chi connectivity index (χ1) is 9.88. The third-order valence-electron chi connectivity index (χ3n) is 2.88. The molecule has 2 aromatic rings. The van der Waals surface area contributed by atoms with Gasteiger partial charge in [-0.05, 0) is 32.9 Å². The van der Waals surface area contributed by atoms with E-state index in [0.717, 1.165) is 10.9 Å². The number of fused-ring (bicyclic) bond motifs is 1. The van der Waals surface area contributed by atoms with Crippen LogP contribution in [0.25, 0.3) is 10.9 Å². The molecule has 2 rings (SSSR count). The highest BCUT2D eigenvalue weighted by atomic mass is 16.5. The minimum absolute atomic E-state index is 0.0556. The number of hydrogen-bond donors (Lipinski definition) is 2. The lowest BCUT2D eigenvalue weighted by molar-refractivity contribution is -0.0161. The first-order valence-corrected chi connectivity index (χ1v) is 6.87. The number of pyridine rings is 1. The number of aromatic nitrogens is 1. The Labute approximate surface area is 124 Å². The average molecular weight is 287 g/mol. The molecular formula is C16H21N3O2. The molecule has 0 fully saturated rings. The largest absolute Gasteiger partial charge is 0.490 e. The molecule has 5 nitrogen and oxygen atoms in total. The Morgan fingerprint density at radius 2 is 1.95 bits per heavy atom. The summed E-state index contributed by atoms with van der Waals surface area (Å²) in [6.45, 7) is 6.85. The van der Waals surface area contributed by atoms with Gasteiger partial charge in [0.25, 0.3) is 0 Å². The van der Waals surface area contributed by atoms with Gasteiger partial charge in [-0.1, -0.05) is 12.1 Å². The van der Waals surface area contributed by atoms with Crippen LogP contribution in [0, 0.1) is 5.41 Å². The van der Waals surface area contributed by atoms with Gasteiger partial charge in [0.15, 0.2) is 0 Å². The summed E-state index contributed by atoms with van der Waals surface area (Å²) in [6, 6.07) is 7.63. The summed E-state index contributed by atoms with van der Waals surface area (Å²) in [5.41, 5.74) is 6.73. The van der Waals surface area contributed by atoms with Crippen molar-refractivity contribution < 1.29 is 9.47 Å². The molecule has 1 heterocycles. The van der Waals surface area contributed by atoms with Gasteiger partial charge < -0.3 is 15.2 Å².